The number of hydrogen-bond donors (Lipinski definition) is 3. The molecule has 0 aromatic heterocycles. The molecule has 0 radical (unpaired) electrons. The van der Waals surface area contributed by atoms with Crippen LogP contribution in [-0.2, 0) is 0 Å². The van der Waals surface area contributed by atoms with Gasteiger partial charge >= 0.3 is 0 Å². The van der Waals surface area contributed by atoms with Crippen LogP contribution in [0.25, 0.3) is 0 Å². The van der Waals surface area contributed by atoms with Gasteiger partial charge in [-0.15, -0.1) is 12.4 Å². The predicted molar refractivity (Wildman–Crippen MR) is 69.7 cm³/mol. The summed E-state index contributed by atoms with van der Waals surface area (Å²) in [5.74, 6) is 0.474. The highest BCUT2D eigenvalue weighted by molar-refractivity contribution is 5.85. The molecule has 0 fully saturated rings. The highest BCUT2D eigenvalue weighted by Gasteiger charge is 2.27. The Kier molecular flexibility index (Phi) is 5.75. The zero-order chi connectivity index (χ0) is 12.3. The Morgan fingerprint density at radius 2 is 2.00 bits per heavy atom. The zero-order valence-corrected chi connectivity index (χ0v) is 11.1. The van der Waals surface area contributed by atoms with Crippen LogP contribution >= 0.6 is 12.4 Å². The number of hydrogen-bond acceptors (Lipinski definition) is 4. The first kappa shape index (κ1) is 16.0. The summed E-state index contributed by atoms with van der Waals surface area (Å²) in [5.41, 5.74) is 6.47. The Hall–Kier alpha value is -0.970. The smallest absolute Gasteiger partial charge is 0.160 e. The molecule has 0 aliphatic heterocycles. The molecule has 4 N–H and O–H groups in total. The summed E-state index contributed by atoms with van der Waals surface area (Å²) >= 11 is 0. The number of ether oxygens (including phenoxy) is 1. The van der Waals surface area contributed by atoms with Crippen molar-refractivity contribution in [2.24, 2.45) is 11.1 Å². The fraction of sp³-hybridized carbons (Fsp3) is 0.500. The van der Waals surface area contributed by atoms with Crippen molar-refractivity contribution >= 4 is 12.4 Å². The van der Waals surface area contributed by atoms with Gasteiger partial charge < -0.3 is 20.7 Å². The summed E-state index contributed by atoms with van der Waals surface area (Å²) in [7, 11) is 1.49. The predicted octanol–water partition coefficient (Wildman–Crippen LogP) is 1.84. The van der Waals surface area contributed by atoms with Crippen LogP contribution < -0.4 is 10.5 Å². The summed E-state index contributed by atoms with van der Waals surface area (Å²) in [6, 6.07) is 4.66. The third kappa shape index (κ3) is 3.49. The van der Waals surface area contributed by atoms with Crippen molar-refractivity contribution in [3.63, 3.8) is 0 Å². The van der Waals surface area contributed by atoms with Crippen molar-refractivity contribution < 1.29 is 14.9 Å². The average molecular weight is 262 g/mol. The molecule has 0 spiro atoms. The Bertz CT molecular complexity index is 369. The van der Waals surface area contributed by atoms with E-state index in [4.69, 9.17) is 10.5 Å². The second-order valence-corrected chi connectivity index (χ2v) is 4.56. The molecule has 0 saturated heterocycles. The van der Waals surface area contributed by atoms with Gasteiger partial charge in [-0.3, -0.25) is 0 Å². The summed E-state index contributed by atoms with van der Waals surface area (Å²) in [6.07, 6.45) is 0. The second-order valence-electron chi connectivity index (χ2n) is 4.56. The lowest BCUT2D eigenvalue weighted by Crippen LogP contribution is -2.32. The summed E-state index contributed by atoms with van der Waals surface area (Å²) in [5, 5.41) is 18.7. The highest BCUT2D eigenvalue weighted by atomic mass is 35.5. The second kappa shape index (κ2) is 6.10. The highest BCUT2D eigenvalue weighted by Crippen LogP contribution is 2.35. The van der Waals surface area contributed by atoms with Gasteiger partial charge in [0.1, 0.15) is 0 Å². The van der Waals surface area contributed by atoms with Crippen LogP contribution in [0.4, 0.5) is 0 Å². The van der Waals surface area contributed by atoms with Gasteiger partial charge in [0.05, 0.1) is 7.11 Å². The molecular weight excluding hydrogens is 242 g/mol. The molecule has 0 saturated carbocycles. The van der Waals surface area contributed by atoms with Crippen molar-refractivity contribution in [2.75, 3.05) is 13.7 Å². The van der Waals surface area contributed by atoms with Gasteiger partial charge in [-0.1, -0.05) is 19.9 Å². The van der Waals surface area contributed by atoms with Crippen molar-refractivity contribution in [3.05, 3.63) is 23.8 Å². The first-order valence-electron chi connectivity index (χ1n) is 5.15. The van der Waals surface area contributed by atoms with Gasteiger partial charge in [0, 0.05) is 18.1 Å². The van der Waals surface area contributed by atoms with E-state index in [-0.39, 0.29) is 30.8 Å². The SMILES string of the molecule is COc1cc([C@@H](N)C(C)(C)CO)ccc1O.Cl. The monoisotopic (exact) mass is 261 g/mol. The number of benzene rings is 1. The first-order valence-corrected chi connectivity index (χ1v) is 5.15. The fourth-order valence-corrected chi connectivity index (χ4v) is 1.44. The molecule has 5 heteroatoms. The molecule has 0 aliphatic rings. The van der Waals surface area contributed by atoms with Crippen molar-refractivity contribution in [1.82, 2.24) is 0 Å². The normalized spacial score (nSPS) is 12.8. The topological polar surface area (TPSA) is 75.7 Å². The average Bonchev–Trinajstić information content (AvgIpc) is 2.28. The van der Waals surface area contributed by atoms with E-state index in [0.717, 1.165) is 5.56 Å². The van der Waals surface area contributed by atoms with Crippen LogP contribution in [-0.4, -0.2) is 23.9 Å². The number of aromatic hydroxyl groups is 1. The molecular formula is C12H20ClNO3. The summed E-state index contributed by atoms with van der Waals surface area (Å²) in [6.45, 7) is 3.77. The Balaban J connectivity index is 0.00000256. The molecule has 0 heterocycles. The van der Waals surface area contributed by atoms with Gasteiger partial charge in [-0.25, -0.2) is 0 Å². The number of aliphatic hydroxyl groups excluding tert-OH is 1. The van der Waals surface area contributed by atoms with E-state index in [0.29, 0.717) is 5.75 Å². The van der Waals surface area contributed by atoms with E-state index in [1.54, 1.807) is 18.2 Å². The number of phenols is 1. The fourth-order valence-electron chi connectivity index (χ4n) is 1.44. The third-order valence-electron chi connectivity index (χ3n) is 2.81. The largest absolute Gasteiger partial charge is 0.504 e. The van der Waals surface area contributed by atoms with Gasteiger partial charge in [-0.2, -0.15) is 0 Å². The molecule has 17 heavy (non-hydrogen) atoms. The van der Waals surface area contributed by atoms with Gasteiger partial charge in [0.2, 0.25) is 0 Å². The van der Waals surface area contributed by atoms with E-state index >= 15 is 0 Å². The quantitative estimate of drug-likeness (QED) is 0.773. The van der Waals surface area contributed by atoms with E-state index in [2.05, 4.69) is 0 Å². The number of phenolic OH excluding ortho intramolecular Hbond substituents is 1. The molecule has 1 rings (SSSR count). The maximum absolute atomic E-state index is 9.46. The molecule has 1 aromatic carbocycles. The lowest BCUT2D eigenvalue weighted by atomic mass is 9.82. The first-order chi connectivity index (χ1) is 7.42. The number of methoxy groups -OCH3 is 1. The van der Waals surface area contributed by atoms with Crippen molar-refractivity contribution in [1.29, 1.82) is 0 Å². The van der Waals surface area contributed by atoms with Crippen LogP contribution in [0.15, 0.2) is 18.2 Å². The van der Waals surface area contributed by atoms with Crippen LogP contribution in [0, 0.1) is 5.41 Å². The molecule has 0 bridgehead atoms. The van der Waals surface area contributed by atoms with E-state index in [1.807, 2.05) is 13.8 Å². The third-order valence-corrected chi connectivity index (χ3v) is 2.81. The number of rotatable bonds is 4. The van der Waals surface area contributed by atoms with Crippen LogP contribution in [0.1, 0.15) is 25.5 Å². The lowest BCUT2D eigenvalue weighted by Gasteiger charge is -2.30. The zero-order valence-electron chi connectivity index (χ0n) is 10.3. The Labute approximate surface area is 108 Å². The Morgan fingerprint density at radius 1 is 1.41 bits per heavy atom. The Morgan fingerprint density at radius 3 is 2.47 bits per heavy atom. The van der Waals surface area contributed by atoms with Gasteiger partial charge in [-0.05, 0) is 17.7 Å². The molecule has 0 unspecified atom stereocenters. The van der Waals surface area contributed by atoms with E-state index in [9.17, 15) is 10.2 Å². The molecule has 0 amide bonds. The maximum atomic E-state index is 9.46. The summed E-state index contributed by atoms with van der Waals surface area (Å²) < 4.78 is 5.01. The van der Waals surface area contributed by atoms with Crippen LogP contribution in [0.3, 0.4) is 0 Å². The molecule has 4 nitrogen and oxygen atoms in total. The number of aliphatic hydroxyl groups is 1. The number of nitrogens with two attached hydrogens (primary N) is 1. The van der Waals surface area contributed by atoms with Gasteiger partial charge in [0.15, 0.2) is 11.5 Å². The molecule has 0 aliphatic carbocycles. The summed E-state index contributed by atoms with van der Waals surface area (Å²) in [4.78, 5) is 0. The minimum Gasteiger partial charge on any atom is -0.504 e. The molecule has 1 atom stereocenters. The van der Waals surface area contributed by atoms with Crippen LogP contribution in [0.5, 0.6) is 11.5 Å². The maximum Gasteiger partial charge on any atom is 0.160 e. The molecule has 98 valence electrons. The standard InChI is InChI=1S/C12H19NO3.ClH/c1-12(2,7-14)11(13)8-4-5-9(15)10(6-8)16-3;/h4-6,11,14-15H,7,13H2,1-3H3;1H/t11-;/m1./s1. The number of halogens is 1. The van der Waals surface area contributed by atoms with Crippen molar-refractivity contribution in [2.45, 2.75) is 19.9 Å². The van der Waals surface area contributed by atoms with Crippen LogP contribution in [0.2, 0.25) is 0 Å². The molecule has 1 aromatic rings. The minimum atomic E-state index is -0.415. The minimum absolute atomic E-state index is 0. The van der Waals surface area contributed by atoms with Crippen molar-refractivity contribution in [3.8, 4) is 11.5 Å². The van der Waals surface area contributed by atoms with E-state index < -0.39 is 5.41 Å². The van der Waals surface area contributed by atoms with Gasteiger partial charge in [0.25, 0.3) is 0 Å². The van der Waals surface area contributed by atoms with E-state index in [1.165, 1.54) is 7.11 Å². The lowest BCUT2D eigenvalue weighted by molar-refractivity contribution is 0.132.